The van der Waals surface area contributed by atoms with Gasteiger partial charge in [0.2, 0.25) is 0 Å². The van der Waals surface area contributed by atoms with E-state index in [1.165, 1.54) is 32.1 Å². The third kappa shape index (κ3) is 7.21. The van der Waals surface area contributed by atoms with Gasteiger partial charge < -0.3 is 25.4 Å². The van der Waals surface area contributed by atoms with Crippen molar-refractivity contribution in [1.29, 1.82) is 0 Å². The summed E-state index contributed by atoms with van der Waals surface area (Å²) in [6.07, 6.45) is 11.2. The van der Waals surface area contributed by atoms with E-state index in [0.717, 1.165) is 63.2 Å². The maximum atomic E-state index is 12.9. The van der Waals surface area contributed by atoms with Crippen LogP contribution in [0.3, 0.4) is 0 Å². The monoisotopic (exact) mass is 537 g/mol. The summed E-state index contributed by atoms with van der Waals surface area (Å²) in [5, 5.41) is 15.0. The van der Waals surface area contributed by atoms with E-state index < -0.39 is 17.0 Å². The van der Waals surface area contributed by atoms with Crippen LogP contribution in [0.25, 0.3) is 0 Å². The molecule has 5 rings (SSSR count). The molecule has 2 aromatic carbocycles. The third-order valence-corrected chi connectivity index (χ3v) is 8.93. The molecule has 0 aromatic heterocycles. The number of nitrogens with zero attached hydrogens (tertiary/aromatic N) is 1. The summed E-state index contributed by atoms with van der Waals surface area (Å²) in [7, 11) is 0. The fourth-order valence-electron chi connectivity index (χ4n) is 6.62. The normalized spacial score (nSPS) is 21.9. The maximum absolute atomic E-state index is 12.9. The fourth-order valence-corrected chi connectivity index (χ4v) is 6.62. The van der Waals surface area contributed by atoms with E-state index in [-0.39, 0.29) is 24.6 Å². The Balaban J connectivity index is 1.30. The van der Waals surface area contributed by atoms with Crippen LogP contribution >= 0.6 is 0 Å². The van der Waals surface area contributed by atoms with E-state index in [1.807, 2.05) is 18.2 Å². The molecular weight excluding hydrogens is 494 g/mol. The summed E-state index contributed by atoms with van der Waals surface area (Å²) in [5.41, 5.74) is 1.07. The Morgan fingerprint density at radius 3 is 2.46 bits per heavy atom. The van der Waals surface area contributed by atoms with Crippen molar-refractivity contribution in [3.63, 3.8) is 0 Å². The van der Waals surface area contributed by atoms with Gasteiger partial charge in [-0.15, -0.1) is 0 Å². The molecule has 1 saturated heterocycles. The molecule has 1 aliphatic heterocycles. The van der Waals surface area contributed by atoms with Crippen molar-refractivity contribution in [2.75, 3.05) is 36.5 Å². The van der Waals surface area contributed by atoms with Gasteiger partial charge in [-0.05, 0) is 43.1 Å². The number of rotatable bonds is 13. The molecule has 2 unspecified atom stereocenters. The zero-order chi connectivity index (χ0) is 27.2. The molecule has 0 bridgehead atoms. The van der Waals surface area contributed by atoms with Gasteiger partial charge in [0.05, 0.1) is 6.10 Å². The molecule has 39 heavy (non-hydrogen) atoms. The van der Waals surface area contributed by atoms with Crippen molar-refractivity contribution in [3.05, 3.63) is 56.3 Å². The zero-order valence-corrected chi connectivity index (χ0v) is 22.9. The molecule has 1 amide bonds. The van der Waals surface area contributed by atoms with Crippen molar-refractivity contribution in [1.82, 2.24) is 5.32 Å². The Kier molecular flexibility index (Phi) is 9.22. The standard InChI is InChI=1S/C31H43N3O5/c35-28-26(33-25(19-32-31(37)38)18-22-8-3-1-4-9-22)27(29(28)36)34-16-7-12-24(20-34)30(23-10-5-2-6-11-23)39-17-15-21-13-14-21/h2,5-6,10-11,21-22,24-25,30,32-33H,1,3-4,7-9,12-20H2,(H,37,38)/t24?,25?,30-/m1/s1. The lowest BCUT2D eigenvalue weighted by atomic mass is 9.84. The molecule has 3 N–H and O–H groups in total. The zero-order valence-electron chi connectivity index (χ0n) is 22.9. The van der Waals surface area contributed by atoms with Crippen LogP contribution in [0.15, 0.2) is 39.9 Å². The Bertz CT molecular complexity index is 1150. The Labute approximate surface area is 230 Å². The highest BCUT2D eigenvalue weighted by atomic mass is 16.5. The summed E-state index contributed by atoms with van der Waals surface area (Å²) in [4.78, 5) is 39.0. The number of piperidine rings is 1. The summed E-state index contributed by atoms with van der Waals surface area (Å²) < 4.78 is 6.50. The van der Waals surface area contributed by atoms with E-state index in [1.54, 1.807) is 0 Å². The molecule has 3 atom stereocenters. The van der Waals surface area contributed by atoms with E-state index >= 15 is 0 Å². The van der Waals surface area contributed by atoms with E-state index in [9.17, 15) is 19.5 Å². The van der Waals surface area contributed by atoms with Crippen LogP contribution in [0.2, 0.25) is 0 Å². The summed E-state index contributed by atoms with van der Waals surface area (Å²) in [6, 6.07) is 10.1. The van der Waals surface area contributed by atoms with Crippen LogP contribution in [-0.4, -0.2) is 43.5 Å². The first-order valence-electron chi connectivity index (χ1n) is 15.0. The van der Waals surface area contributed by atoms with Crippen molar-refractivity contribution in [2.24, 2.45) is 17.8 Å². The van der Waals surface area contributed by atoms with Gasteiger partial charge in [-0.2, -0.15) is 0 Å². The van der Waals surface area contributed by atoms with Crippen LogP contribution in [0.1, 0.15) is 82.3 Å². The smallest absolute Gasteiger partial charge is 0.404 e. The van der Waals surface area contributed by atoms with Crippen molar-refractivity contribution < 1.29 is 14.6 Å². The quantitative estimate of drug-likeness (QED) is 0.306. The highest BCUT2D eigenvalue weighted by Crippen LogP contribution is 2.38. The molecule has 0 spiro atoms. The van der Waals surface area contributed by atoms with Gasteiger partial charge in [0, 0.05) is 38.2 Å². The van der Waals surface area contributed by atoms with Crippen LogP contribution in [0, 0.1) is 17.8 Å². The van der Waals surface area contributed by atoms with Crippen LogP contribution in [0.4, 0.5) is 16.2 Å². The lowest BCUT2D eigenvalue weighted by molar-refractivity contribution is 0.00303. The first-order valence-corrected chi connectivity index (χ1v) is 15.0. The van der Waals surface area contributed by atoms with Gasteiger partial charge in [-0.1, -0.05) is 75.3 Å². The van der Waals surface area contributed by atoms with Gasteiger partial charge in [0.1, 0.15) is 11.4 Å². The van der Waals surface area contributed by atoms with E-state index in [4.69, 9.17) is 4.74 Å². The third-order valence-electron chi connectivity index (χ3n) is 8.93. The van der Waals surface area contributed by atoms with E-state index in [0.29, 0.717) is 23.8 Å². The Hall–Kier alpha value is -2.87. The molecule has 212 valence electrons. The second-order valence-electron chi connectivity index (χ2n) is 11.9. The number of nitrogens with one attached hydrogen (secondary N) is 2. The van der Waals surface area contributed by atoms with Crippen molar-refractivity contribution in [3.8, 4) is 0 Å². The predicted molar refractivity (Wildman–Crippen MR) is 153 cm³/mol. The SMILES string of the molecule is O=C(O)NCC(CC1CCCCC1)Nc1c(N2CCCC([C@H](OCCC3CC3)c3ccccc3)C2)c(=O)c1=O. The minimum Gasteiger partial charge on any atom is -0.465 e. The molecule has 8 heteroatoms. The number of hydrogen-bond acceptors (Lipinski definition) is 6. The Morgan fingerprint density at radius 2 is 1.74 bits per heavy atom. The molecule has 2 aromatic rings. The highest BCUT2D eigenvalue weighted by Gasteiger charge is 2.35. The minimum atomic E-state index is -1.08. The Morgan fingerprint density at radius 1 is 0.974 bits per heavy atom. The highest BCUT2D eigenvalue weighted by molar-refractivity contribution is 5.76. The van der Waals surface area contributed by atoms with Crippen LogP contribution < -0.4 is 26.4 Å². The van der Waals surface area contributed by atoms with Gasteiger partial charge in [-0.3, -0.25) is 9.59 Å². The summed E-state index contributed by atoms with van der Waals surface area (Å²) >= 11 is 0. The molecule has 2 aliphatic carbocycles. The average Bonchev–Trinajstić information content (AvgIpc) is 3.79. The molecule has 3 aliphatic rings. The van der Waals surface area contributed by atoms with Gasteiger partial charge in [-0.25, -0.2) is 4.79 Å². The molecule has 0 radical (unpaired) electrons. The topological polar surface area (TPSA) is 108 Å². The number of amides is 1. The molecular formula is C31H43N3O5. The number of hydrogen-bond donors (Lipinski definition) is 3. The second kappa shape index (κ2) is 13.0. The fraction of sp³-hybridized carbons (Fsp3) is 0.645. The van der Waals surface area contributed by atoms with Crippen LogP contribution in [-0.2, 0) is 4.74 Å². The number of carboxylic acid groups (broad SMARTS) is 1. The van der Waals surface area contributed by atoms with Crippen LogP contribution in [0.5, 0.6) is 0 Å². The first-order chi connectivity index (χ1) is 19.0. The molecule has 2 saturated carbocycles. The average molecular weight is 538 g/mol. The van der Waals surface area contributed by atoms with E-state index in [2.05, 4.69) is 27.7 Å². The van der Waals surface area contributed by atoms with Gasteiger partial charge >= 0.3 is 6.09 Å². The molecule has 3 fully saturated rings. The number of carbonyl (C=O) groups is 1. The van der Waals surface area contributed by atoms with Gasteiger partial charge in [0.25, 0.3) is 10.9 Å². The maximum Gasteiger partial charge on any atom is 0.404 e. The predicted octanol–water partition coefficient (Wildman–Crippen LogP) is 5.08. The summed E-state index contributed by atoms with van der Waals surface area (Å²) in [5.74, 6) is 1.52. The number of ether oxygens (including phenoxy) is 1. The molecule has 8 nitrogen and oxygen atoms in total. The largest absolute Gasteiger partial charge is 0.465 e. The number of anilines is 2. The molecule has 1 heterocycles. The van der Waals surface area contributed by atoms with Crippen molar-refractivity contribution in [2.45, 2.75) is 82.8 Å². The lowest BCUT2D eigenvalue weighted by Gasteiger charge is -2.39. The first kappa shape index (κ1) is 27.7. The number of benzene rings is 1. The van der Waals surface area contributed by atoms with Crippen molar-refractivity contribution >= 4 is 17.5 Å². The lowest BCUT2D eigenvalue weighted by Crippen LogP contribution is -2.49. The van der Waals surface area contributed by atoms with Gasteiger partial charge in [0.15, 0.2) is 0 Å². The summed E-state index contributed by atoms with van der Waals surface area (Å²) in [6.45, 7) is 2.33. The minimum absolute atomic E-state index is 0.0468. The second-order valence-corrected chi connectivity index (χ2v) is 11.9.